The molecule has 0 atom stereocenters. The first-order valence-electron chi connectivity index (χ1n) is 6.25. The second kappa shape index (κ2) is 5.65. The fraction of sp³-hybridized carbons (Fsp3) is 0.357. The standard InChI is InChI=1S/C14H17N3O2/c1-10-3-5-12(6-4-10)16-15-11(2)9-17-13(18)7-8-14(17)19/h3-6,16H,7-9H2,1-2H3/b15-11+. The fourth-order valence-corrected chi connectivity index (χ4v) is 1.85. The molecule has 1 aliphatic rings. The molecular formula is C14H17N3O2. The first kappa shape index (κ1) is 13.3. The topological polar surface area (TPSA) is 61.8 Å². The first-order chi connectivity index (χ1) is 9.06. The molecule has 1 aliphatic heterocycles. The van der Waals surface area contributed by atoms with E-state index in [2.05, 4.69) is 10.5 Å². The molecule has 1 heterocycles. The summed E-state index contributed by atoms with van der Waals surface area (Å²) in [5.74, 6) is -0.232. The number of hydrogen-bond acceptors (Lipinski definition) is 4. The predicted octanol–water partition coefficient (Wildman–Crippen LogP) is 1.93. The van der Waals surface area contributed by atoms with E-state index in [-0.39, 0.29) is 18.4 Å². The summed E-state index contributed by atoms with van der Waals surface area (Å²) >= 11 is 0. The number of hydrogen-bond donors (Lipinski definition) is 1. The lowest BCUT2D eigenvalue weighted by Gasteiger charge is -2.13. The molecule has 0 spiro atoms. The van der Waals surface area contributed by atoms with Crippen LogP contribution >= 0.6 is 0 Å². The van der Waals surface area contributed by atoms with Crippen molar-refractivity contribution in [3.05, 3.63) is 29.8 Å². The molecule has 5 nitrogen and oxygen atoms in total. The van der Waals surface area contributed by atoms with Crippen molar-refractivity contribution in [2.75, 3.05) is 12.0 Å². The summed E-state index contributed by atoms with van der Waals surface area (Å²) in [7, 11) is 0. The quantitative estimate of drug-likeness (QED) is 0.510. The molecule has 0 radical (unpaired) electrons. The van der Waals surface area contributed by atoms with Gasteiger partial charge in [-0.15, -0.1) is 0 Å². The van der Waals surface area contributed by atoms with Crippen LogP contribution in [0.25, 0.3) is 0 Å². The number of rotatable bonds is 4. The number of nitrogens with one attached hydrogen (secondary N) is 1. The summed E-state index contributed by atoms with van der Waals surface area (Å²) in [5.41, 5.74) is 5.67. The van der Waals surface area contributed by atoms with Crippen molar-refractivity contribution in [3.63, 3.8) is 0 Å². The van der Waals surface area contributed by atoms with Crippen LogP contribution < -0.4 is 5.43 Å². The Kier molecular flexibility index (Phi) is 3.94. The van der Waals surface area contributed by atoms with Crippen molar-refractivity contribution in [2.24, 2.45) is 5.10 Å². The molecule has 1 N–H and O–H groups in total. The van der Waals surface area contributed by atoms with E-state index in [9.17, 15) is 9.59 Å². The first-order valence-corrected chi connectivity index (χ1v) is 6.25. The highest BCUT2D eigenvalue weighted by Crippen LogP contribution is 2.12. The van der Waals surface area contributed by atoms with Crippen LogP contribution in [-0.4, -0.2) is 29.0 Å². The molecule has 19 heavy (non-hydrogen) atoms. The van der Waals surface area contributed by atoms with Crippen LogP contribution in [-0.2, 0) is 9.59 Å². The van der Waals surface area contributed by atoms with Gasteiger partial charge in [-0.25, -0.2) is 0 Å². The Morgan fingerprint density at radius 3 is 2.37 bits per heavy atom. The number of amides is 2. The Morgan fingerprint density at radius 1 is 1.21 bits per heavy atom. The molecule has 0 unspecified atom stereocenters. The average Bonchev–Trinajstić information content (AvgIpc) is 2.70. The molecule has 1 aromatic rings. The summed E-state index contributed by atoms with van der Waals surface area (Å²) in [6.07, 6.45) is 0.634. The third kappa shape index (κ3) is 3.40. The van der Waals surface area contributed by atoms with E-state index in [1.807, 2.05) is 31.2 Å². The van der Waals surface area contributed by atoms with Crippen LogP contribution in [0.4, 0.5) is 5.69 Å². The van der Waals surface area contributed by atoms with Gasteiger partial charge in [-0.2, -0.15) is 5.10 Å². The number of nitrogens with zero attached hydrogens (tertiary/aromatic N) is 2. The third-order valence-electron chi connectivity index (χ3n) is 2.97. The summed E-state index contributed by atoms with van der Waals surface area (Å²) in [6.45, 7) is 4.07. The van der Waals surface area contributed by atoms with Gasteiger partial charge in [-0.1, -0.05) is 17.7 Å². The van der Waals surface area contributed by atoms with E-state index in [4.69, 9.17) is 0 Å². The molecule has 1 saturated heterocycles. The van der Waals surface area contributed by atoms with E-state index in [1.54, 1.807) is 6.92 Å². The predicted molar refractivity (Wildman–Crippen MR) is 73.9 cm³/mol. The van der Waals surface area contributed by atoms with Gasteiger partial charge in [0.25, 0.3) is 0 Å². The number of imide groups is 1. The maximum Gasteiger partial charge on any atom is 0.230 e. The second-order valence-electron chi connectivity index (χ2n) is 4.70. The maximum atomic E-state index is 11.5. The number of anilines is 1. The van der Waals surface area contributed by atoms with Crippen molar-refractivity contribution in [3.8, 4) is 0 Å². The van der Waals surface area contributed by atoms with Gasteiger partial charge in [0.1, 0.15) is 0 Å². The van der Waals surface area contributed by atoms with Gasteiger partial charge < -0.3 is 0 Å². The fourth-order valence-electron chi connectivity index (χ4n) is 1.85. The Hall–Kier alpha value is -2.17. The number of hydrazone groups is 1. The highest BCUT2D eigenvalue weighted by atomic mass is 16.2. The van der Waals surface area contributed by atoms with Crippen LogP contribution in [0.15, 0.2) is 29.4 Å². The van der Waals surface area contributed by atoms with Gasteiger partial charge >= 0.3 is 0 Å². The van der Waals surface area contributed by atoms with Gasteiger partial charge in [0.2, 0.25) is 11.8 Å². The third-order valence-corrected chi connectivity index (χ3v) is 2.97. The van der Waals surface area contributed by atoms with Crippen LogP contribution in [0.3, 0.4) is 0 Å². The van der Waals surface area contributed by atoms with Crippen LogP contribution in [0.1, 0.15) is 25.3 Å². The molecule has 0 aromatic heterocycles. The SMILES string of the molecule is C/C(CN1C(=O)CCC1=O)=N\Nc1ccc(C)cc1. The van der Waals surface area contributed by atoms with Crippen LogP contribution in [0, 0.1) is 6.92 Å². The number of likely N-dealkylation sites (tertiary alicyclic amines) is 1. The van der Waals surface area contributed by atoms with Crippen LogP contribution in [0.2, 0.25) is 0 Å². The van der Waals surface area contributed by atoms with Gasteiger partial charge in [0.15, 0.2) is 0 Å². The molecule has 0 aliphatic carbocycles. The Morgan fingerprint density at radius 2 is 1.79 bits per heavy atom. The van der Waals surface area contributed by atoms with E-state index in [0.717, 1.165) is 5.69 Å². The summed E-state index contributed by atoms with van der Waals surface area (Å²) < 4.78 is 0. The smallest absolute Gasteiger partial charge is 0.230 e. The Labute approximate surface area is 112 Å². The minimum Gasteiger partial charge on any atom is -0.279 e. The van der Waals surface area contributed by atoms with Crippen LogP contribution in [0.5, 0.6) is 0 Å². The minimum absolute atomic E-state index is 0.116. The zero-order chi connectivity index (χ0) is 13.8. The van der Waals surface area contributed by atoms with Crippen molar-refractivity contribution in [2.45, 2.75) is 26.7 Å². The van der Waals surface area contributed by atoms with Gasteiger partial charge in [-0.3, -0.25) is 19.9 Å². The van der Waals surface area contributed by atoms with E-state index >= 15 is 0 Å². The highest BCUT2D eigenvalue weighted by molar-refractivity contribution is 6.05. The molecule has 0 bridgehead atoms. The summed E-state index contributed by atoms with van der Waals surface area (Å²) in [4.78, 5) is 24.2. The molecular weight excluding hydrogens is 242 g/mol. The minimum atomic E-state index is -0.116. The molecule has 2 amide bonds. The molecule has 2 rings (SSSR count). The number of carbonyl (C=O) groups is 2. The van der Waals surface area contributed by atoms with Crippen molar-refractivity contribution in [1.82, 2.24) is 4.90 Å². The van der Waals surface area contributed by atoms with E-state index in [1.165, 1.54) is 10.5 Å². The second-order valence-corrected chi connectivity index (χ2v) is 4.70. The number of benzene rings is 1. The lowest BCUT2D eigenvalue weighted by Crippen LogP contribution is -2.33. The molecule has 100 valence electrons. The van der Waals surface area contributed by atoms with Gasteiger partial charge in [0.05, 0.1) is 17.9 Å². The zero-order valence-electron chi connectivity index (χ0n) is 11.1. The molecule has 0 saturated carbocycles. The molecule has 5 heteroatoms. The lowest BCUT2D eigenvalue weighted by molar-refractivity contribution is -0.137. The van der Waals surface area contributed by atoms with Crippen molar-refractivity contribution >= 4 is 23.2 Å². The lowest BCUT2D eigenvalue weighted by atomic mass is 10.2. The maximum absolute atomic E-state index is 11.5. The highest BCUT2D eigenvalue weighted by Gasteiger charge is 2.28. The summed E-state index contributed by atoms with van der Waals surface area (Å²) in [5, 5.41) is 4.18. The molecule has 1 fully saturated rings. The molecule has 1 aromatic carbocycles. The number of carbonyl (C=O) groups excluding carboxylic acids is 2. The van der Waals surface area contributed by atoms with E-state index < -0.39 is 0 Å². The van der Waals surface area contributed by atoms with Gasteiger partial charge in [0, 0.05) is 12.8 Å². The summed E-state index contributed by atoms with van der Waals surface area (Å²) in [6, 6.07) is 7.83. The Balaban J connectivity index is 1.94. The van der Waals surface area contributed by atoms with E-state index in [0.29, 0.717) is 18.6 Å². The average molecular weight is 259 g/mol. The largest absolute Gasteiger partial charge is 0.279 e. The Bertz CT molecular complexity index is 504. The normalized spacial score (nSPS) is 16.1. The monoisotopic (exact) mass is 259 g/mol. The van der Waals surface area contributed by atoms with Crippen molar-refractivity contribution in [1.29, 1.82) is 0 Å². The zero-order valence-corrected chi connectivity index (χ0v) is 11.1. The van der Waals surface area contributed by atoms with Gasteiger partial charge in [-0.05, 0) is 26.0 Å². The van der Waals surface area contributed by atoms with Crippen molar-refractivity contribution < 1.29 is 9.59 Å². The number of aryl methyl sites for hydroxylation is 1.